The van der Waals surface area contributed by atoms with Crippen molar-refractivity contribution in [2.45, 2.75) is 36.7 Å². The summed E-state index contributed by atoms with van der Waals surface area (Å²) in [6.45, 7) is 1.54. The van der Waals surface area contributed by atoms with Crippen molar-refractivity contribution in [2.24, 2.45) is 0 Å². The van der Waals surface area contributed by atoms with Gasteiger partial charge in [0.15, 0.2) is 0 Å². The van der Waals surface area contributed by atoms with Crippen molar-refractivity contribution in [2.75, 3.05) is 26.8 Å². The molecular formula is C17H23NO3. The van der Waals surface area contributed by atoms with Gasteiger partial charge >= 0.3 is 0 Å². The highest BCUT2D eigenvalue weighted by Gasteiger charge is 2.53. The van der Waals surface area contributed by atoms with Gasteiger partial charge in [-0.25, -0.2) is 0 Å². The molecule has 21 heavy (non-hydrogen) atoms. The van der Waals surface area contributed by atoms with E-state index in [-0.39, 0.29) is 11.3 Å². The predicted octanol–water partition coefficient (Wildman–Crippen LogP) is 1.72. The molecule has 1 aromatic rings. The van der Waals surface area contributed by atoms with Gasteiger partial charge in [-0.05, 0) is 18.4 Å². The van der Waals surface area contributed by atoms with Crippen LogP contribution in [0, 0.1) is 0 Å². The fraction of sp³-hybridized carbons (Fsp3) is 0.588. The lowest BCUT2D eigenvalue weighted by atomic mass is 9.91. The van der Waals surface area contributed by atoms with Gasteiger partial charge in [0.25, 0.3) is 0 Å². The van der Waals surface area contributed by atoms with E-state index in [9.17, 15) is 9.90 Å². The third-order valence-corrected chi connectivity index (χ3v) is 4.79. The number of aliphatic hydroxyl groups is 1. The quantitative estimate of drug-likeness (QED) is 0.918. The SMILES string of the molecule is CN(CC1(O)CCOCC1)C(=O)C1(c2ccccc2)CC1. The van der Waals surface area contributed by atoms with E-state index in [2.05, 4.69) is 0 Å². The summed E-state index contributed by atoms with van der Waals surface area (Å²) >= 11 is 0. The zero-order chi connectivity index (χ0) is 14.9. The minimum atomic E-state index is -0.796. The Balaban J connectivity index is 1.70. The second-order valence-electron chi connectivity index (χ2n) is 6.45. The van der Waals surface area contributed by atoms with E-state index in [1.54, 1.807) is 11.9 Å². The van der Waals surface area contributed by atoms with Gasteiger partial charge in [0, 0.05) is 39.6 Å². The van der Waals surface area contributed by atoms with Crippen LogP contribution in [0.15, 0.2) is 30.3 Å². The van der Waals surface area contributed by atoms with Crippen molar-refractivity contribution >= 4 is 5.91 Å². The standard InChI is InChI=1S/C17H23NO3/c1-18(13-16(20)9-11-21-12-10-16)15(19)17(7-8-17)14-5-3-2-4-6-14/h2-6,20H,7-13H2,1H3. The highest BCUT2D eigenvalue weighted by Crippen LogP contribution is 2.49. The Kier molecular flexibility index (Phi) is 3.76. The largest absolute Gasteiger partial charge is 0.388 e. The summed E-state index contributed by atoms with van der Waals surface area (Å²) in [5.74, 6) is 0.133. The van der Waals surface area contributed by atoms with Crippen LogP contribution < -0.4 is 0 Å². The van der Waals surface area contributed by atoms with Crippen LogP contribution in [0.2, 0.25) is 0 Å². The summed E-state index contributed by atoms with van der Waals surface area (Å²) in [7, 11) is 1.80. The molecule has 1 saturated carbocycles. The number of rotatable bonds is 4. The Labute approximate surface area is 125 Å². The number of carbonyl (C=O) groups excluding carboxylic acids is 1. The molecule has 1 saturated heterocycles. The smallest absolute Gasteiger partial charge is 0.233 e. The van der Waals surface area contributed by atoms with Gasteiger partial charge in [-0.1, -0.05) is 30.3 Å². The average molecular weight is 289 g/mol. The van der Waals surface area contributed by atoms with Gasteiger partial charge in [-0.15, -0.1) is 0 Å². The van der Waals surface area contributed by atoms with Crippen LogP contribution in [-0.2, 0) is 14.9 Å². The highest BCUT2D eigenvalue weighted by atomic mass is 16.5. The summed E-state index contributed by atoms with van der Waals surface area (Å²) in [5.41, 5.74) is -0.0479. The highest BCUT2D eigenvalue weighted by molar-refractivity contribution is 5.91. The second-order valence-corrected chi connectivity index (χ2v) is 6.45. The van der Waals surface area contributed by atoms with Crippen LogP contribution in [0.5, 0.6) is 0 Å². The molecule has 0 radical (unpaired) electrons. The maximum Gasteiger partial charge on any atom is 0.233 e. The summed E-state index contributed by atoms with van der Waals surface area (Å²) < 4.78 is 5.29. The minimum absolute atomic E-state index is 0.133. The van der Waals surface area contributed by atoms with E-state index in [1.165, 1.54) is 0 Å². The molecule has 1 N–H and O–H groups in total. The van der Waals surface area contributed by atoms with E-state index in [0.29, 0.717) is 32.6 Å². The van der Waals surface area contributed by atoms with Crippen LogP contribution in [0.25, 0.3) is 0 Å². The normalized spacial score (nSPS) is 22.6. The van der Waals surface area contributed by atoms with Crippen molar-refractivity contribution in [3.05, 3.63) is 35.9 Å². The Morgan fingerprint density at radius 2 is 1.81 bits per heavy atom. The number of nitrogens with zero attached hydrogens (tertiary/aromatic N) is 1. The molecule has 1 amide bonds. The topological polar surface area (TPSA) is 49.8 Å². The van der Waals surface area contributed by atoms with E-state index < -0.39 is 5.60 Å². The van der Waals surface area contributed by atoms with E-state index in [0.717, 1.165) is 18.4 Å². The minimum Gasteiger partial charge on any atom is -0.388 e. The summed E-state index contributed by atoms with van der Waals surface area (Å²) in [6.07, 6.45) is 3.01. The van der Waals surface area contributed by atoms with Crippen LogP contribution in [0.1, 0.15) is 31.2 Å². The van der Waals surface area contributed by atoms with Crippen molar-refractivity contribution in [1.82, 2.24) is 4.90 Å². The van der Waals surface area contributed by atoms with Crippen LogP contribution in [0.3, 0.4) is 0 Å². The Bertz CT molecular complexity index is 504. The fourth-order valence-corrected chi connectivity index (χ4v) is 3.30. The molecule has 0 atom stereocenters. The lowest BCUT2D eigenvalue weighted by molar-refractivity contribution is -0.139. The summed E-state index contributed by atoms with van der Waals surface area (Å²) in [6, 6.07) is 9.99. The number of hydrogen-bond acceptors (Lipinski definition) is 3. The third kappa shape index (κ3) is 2.83. The average Bonchev–Trinajstić information content (AvgIpc) is 3.29. The van der Waals surface area contributed by atoms with Crippen LogP contribution in [-0.4, -0.2) is 48.3 Å². The predicted molar refractivity (Wildman–Crippen MR) is 80.0 cm³/mol. The fourth-order valence-electron chi connectivity index (χ4n) is 3.30. The molecule has 1 aromatic carbocycles. The number of amides is 1. The van der Waals surface area contributed by atoms with Gasteiger partial charge < -0.3 is 14.7 Å². The lowest BCUT2D eigenvalue weighted by Crippen LogP contribution is -2.49. The number of hydrogen-bond donors (Lipinski definition) is 1. The molecule has 0 bridgehead atoms. The van der Waals surface area contributed by atoms with Gasteiger partial charge in [0.05, 0.1) is 11.0 Å². The number of benzene rings is 1. The number of likely N-dealkylation sites (N-methyl/N-ethyl adjacent to an activating group) is 1. The molecule has 3 rings (SSSR count). The molecule has 4 heteroatoms. The molecule has 2 aliphatic rings. The Morgan fingerprint density at radius 3 is 2.38 bits per heavy atom. The zero-order valence-corrected chi connectivity index (χ0v) is 12.5. The molecule has 4 nitrogen and oxygen atoms in total. The van der Waals surface area contributed by atoms with Crippen LogP contribution >= 0.6 is 0 Å². The Morgan fingerprint density at radius 1 is 1.19 bits per heavy atom. The molecule has 1 aliphatic carbocycles. The third-order valence-electron chi connectivity index (χ3n) is 4.79. The molecule has 0 spiro atoms. The summed E-state index contributed by atoms with van der Waals surface area (Å²) in [4.78, 5) is 14.5. The molecule has 1 heterocycles. The molecule has 0 aromatic heterocycles. The lowest BCUT2D eigenvalue weighted by Gasteiger charge is -2.36. The van der Waals surface area contributed by atoms with Gasteiger partial charge in [0.2, 0.25) is 5.91 Å². The molecular weight excluding hydrogens is 266 g/mol. The monoisotopic (exact) mass is 289 g/mol. The van der Waals surface area contributed by atoms with Crippen molar-refractivity contribution in [3.8, 4) is 0 Å². The maximum absolute atomic E-state index is 12.8. The zero-order valence-electron chi connectivity index (χ0n) is 12.5. The van der Waals surface area contributed by atoms with Crippen molar-refractivity contribution in [1.29, 1.82) is 0 Å². The van der Waals surface area contributed by atoms with Crippen LogP contribution in [0.4, 0.5) is 0 Å². The second kappa shape index (κ2) is 5.43. The first-order valence-electron chi connectivity index (χ1n) is 7.67. The van der Waals surface area contributed by atoms with Crippen molar-refractivity contribution in [3.63, 3.8) is 0 Å². The molecule has 2 fully saturated rings. The molecule has 1 aliphatic heterocycles. The van der Waals surface area contributed by atoms with Gasteiger partial charge in [0.1, 0.15) is 0 Å². The first-order chi connectivity index (χ1) is 10.1. The first-order valence-corrected chi connectivity index (χ1v) is 7.67. The number of ether oxygens (including phenoxy) is 1. The molecule has 0 unspecified atom stereocenters. The van der Waals surface area contributed by atoms with Gasteiger partial charge in [-0.3, -0.25) is 4.79 Å². The first kappa shape index (κ1) is 14.5. The maximum atomic E-state index is 12.8. The van der Waals surface area contributed by atoms with E-state index in [1.807, 2.05) is 30.3 Å². The Hall–Kier alpha value is -1.39. The van der Waals surface area contributed by atoms with Crippen molar-refractivity contribution < 1.29 is 14.6 Å². The van der Waals surface area contributed by atoms with Gasteiger partial charge in [-0.2, -0.15) is 0 Å². The van der Waals surface area contributed by atoms with E-state index >= 15 is 0 Å². The number of carbonyl (C=O) groups is 1. The summed E-state index contributed by atoms with van der Waals surface area (Å²) in [5, 5.41) is 10.6. The van der Waals surface area contributed by atoms with E-state index in [4.69, 9.17) is 4.74 Å². The molecule has 114 valence electrons.